The second-order valence-corrected chi connectivity index (χ2v) is 8.00. The van der Waals surface area contributed by atoms with E-state index in [0.717, 1.165) is 33.1 Å². The third-order valence-electron chi connectivity index (χ3n) is 4.46. The van der Waals surface area contributed by atoms with E-state index >= 15 is 0 Å². The first-order valence-electron chi connectivity index (χ1n) is 7.97. The molecule has 0 radical (unpaired) electrons. The molecule has 0 atom stereocenters. The minimum Gasteiger partial charge on any atom is -0.310 e. The summed E-state index contributed by atoms with van der Waals surface area (Å²) in [7, 11) is 0. The average molecular weight is 414 g/mol. The predicted molar refractivity (Wildman–Crippen MR) is 95.2 cm³/mol. The maximum absolute atomic E-state index is 4.56. The fourth-order valence-corrected chi connectivity index (χ4v) is 4.15. The molecule has 114 valence electrons. The van der Waals surface area contributed by atoms with Crippen LogP contribution in [0.15, 0.2) is 26.8 Å². The normalized spacial score (nSPS) is 20.8. The van der Waals surface area contributed by atoms with Gasteiger partial charge in [0.15, 0.2) is 0 Å². The zero-order chi connectivity index (χ0) is 14.7. The van der Waals surface area contributed by atoms with Gasteiger partial charge in [-0.15, -0.1) is 0 Å². The van der Waals surface area contributed by atoms with Gasteiger partial charge < -0.3 is 5.32 Å². The maximum atomic E-state index is 4.56. The van der Waals surface area contributed by atoms with Gasteiger partial charge >= 0.3 is 0 Å². The Morgan fingerprint density at radius 1 is 1.19 bits per heavy atom. The van der Waals surface area contributed by atoms with Crippen LogP contribution in [-0.4, -0.2) is 17.6 Å². The van der Waals surface area contributed by atoms with Crippen LogP contribution >= 0.6 is 31.9 Å². The summed E-state index contributed by atoms with van der Waals surface area (Å²) in [6.45, 7) is 1.03. The van der Waals surface area contributed by atoms with Gasteiger partial charge in [-0.25, -0.2) is 0 Å². The van der Waals surface area contributed by atoms with Crippen LogP contribution in [0.5, 0.6) is 0 Å². The van der Waals surface area contributed by atoms with E-state index in [2.05, 4.69) is 54.3 Å². The van der Waals surface area contributed by atoms with Crippen LogP contribution in [0.25, 0.3) is 6.08 Å². The van der Waals surface area contributed by atoms with Crippen LogP contribution in [0.3, 0.4) is 0 Å². The molecule has 1 N–H and O–H groups in total. The Kier molecular flexibility index (Phi) is 5.52. The summed E-state index contributed by atoms with van der Waals surface area (Å²) in [6, 6.07) is 2.84. The van der Waals surface area contributed by atoms with Gasteiger partial charge in [0.05, 0.1) is 5.69 Å². The molecule has 0 unspecified atom stereocenters. The van der Waals surface area contributed by atoms with Crippen molar-refractivity contribution in [2.45, 2.75) is 51.0 Å². The molecular formula is C17H22Br2N2. The molecule has 2 fully saturated rings. The zero-order valence-electron chi connectivity index (χ0n) is 12.2. The Labute approximate surface area is 144 Å². The van der Waals surface area contributed by atoms with Crippen LogP contribution in [0, 0.1) is 5.92 Å². The van der Waals surface area contributed by atoms with E-state index in [1.54, 1.807) is 0 Å². The van der Waals surface area contributed by atoms with Gasteiger partial charge in [-0.1, -0.05) is 24.8 Å². The zero-order valence-corrected chi connectivity index (χ0v) is 15.4. The van der Waals surface area contributed by atoms with Gasteiger partial charge in [-0.05, 0) is 75.6 Å². The quantitative estimate of drug-likeness (QED) is 0.706. The summed E-state index contributed by atoms with van der Waals surface area (Å²) < 4.78 is 2.08. The van der Waals surface area contributed by atoms with Gasteiger partial charge in [0.1, 0.15) is 0 Å². The number of pyridine rings is 1. The minimum absolute atomic E-state index is 0.738. The third kappa shape index (κ3) is 4.64. The summed E-state index contributed by atoms with van der Waals surface area (Å²) in [5, 5.41) is 3.68. The topological polar surface area (TPSA) is 24.9 Å². The van der Waals surface area contributed by atoms with E-state index in [4.69, 9.17) is 0 Å². The summed E-state index contributed by atoms with van der Waals surface area (Å²) >= 11 is 7.11. The number of halogens is 2. The molecule has 4 heteroatoms. The van der Waals surface area contributed by atoms with Crippen LogP contribution < -0.4 is 5.32 Å². The lowest BCUT2D eigenvalue weighted by Crippen LogP contribution is -2.24. The molecule has 0 amide bonds. The third-order valence-corrected chi connectivity index (χ3v) is 5.53. The second-order valence-electron chi connectivity index (χ2n) is 6.23. The molecule has 1 aromatic heterocycles. The lowest BCUT2D eigenvalue weighted by atomic mass is 9.83. The molecule has 21 heavy (non-hydrogen) atoms. The highest BCUT2D eigenvalue weighted by atomic mass is 79.9. The first kappa shape index (κ1) is 15.7. The van der Waals surface area contributed by atoms with Crippen molar-refractivity contribution in [1.82, 2.24) is 10.3 Å². The predicted octanol–water partition coefficient (Wildman–Crippen LogP) is 5.32. The van der Waals surface area contributed by atoms with Crippen molar-refractivity contribution >= 4 is 37.9 Å². The molecule has 0 spiro atoms. The average Bonchev–Trinajstić information content (AvgIpc) is 3.31. The fraction of sp³-hybridized carbons (Fsp3) is 0.588. The number of rotatable bonds is 5. The molecule has 0 saturated heterocycles. The number of aromatic nitrogens is 1. The van der Waals surface area contributed by atoms with Crippen molar-refractivity contribution < 1.29 is 0 Å². The summed E-state index contributed by atoms with van der Waals surface area (Å²) in [5.41, 5.74) is 2.59. The molecule has 2 aliphatic rings. The van der Waals surface area contributed by atoms with Crippen LogP contribution in [0.1, 0.15) is 50.6 Å². The number of hydrogen-bond donors (Lipinski definition) is 1. The molecule has 0 aromatic carbocycles. The Balaban J connectivity index is 1.79. The van der Waals surface area contributed by atoms with E-state index in [-0.39, 0.29) is 0 Å². The standard InChI is InChI=1S/C17H22Br2N2/c18-14-9-16(19)17(21-11-14)8-13(10-20-15-6-7-15)12-4-2-1-3-5-12/h8-9,11-12,15,20H,1-7,10H2/b13-8-. The highest BCUT2D eigenvalue weighted by Gasteiger charge is 2.23. The van der Waals surface area contributed by atoms with Crippen molar-refractivity contribution in [3.05, 3.63) is 32.5 Å². The SMILES string of the molecule is Brc1cnc(/C=C(/CNC2CC2)C2CCCCC2)c(Br)c1. The van der Waals surface area contributed by atoms with E-state index < -0.39 is 0 Å². The summed E-state index contributed by atoms with van der Waals surface area (Å²) in [6.07, 6.45) is 13.7. The van der Waals surface area contributed by atoms with Gasteiger partial charge in [0.2, 0.25) is 0 Å². The smallest absolute Gasteiger partial charge is 0.0772 e. The monoisotopic (exact) mass is 412 g/mol. The first-order chi connectivity index (χ1) is 10.2. The van der Waals surface area contributed by atoms with Crippen molar-refractivity contribution in [3.8, 4) is 0 Å². The Morgan fingerprint density at radius 2 is 1.95 bits per heavy atom. The van der Waals surface area contributed by atoms with Crippen molar-refractivity contribution in [2.24, 2.45) is 5.92 Å². The molecule has 3 rings (SSSR count). The fourth-order valence-electron chi connectivity index (χ4n) is 3.04. The maximum Gasteiger partial charge on any atom is 0.0772 e. The van der Waals surface area contributed by atoms with Crippen LogP contribution in [-0.2, 0) is 0 Å². The highest BCUT2D eigenvalue weighted by Crippen LogP contribution is 2.32. The van der Waals surface area contributed by atoms with Crippen LogP contribution in [0.2, 0.25) is 0 Å². The second kappa shape index (κ2) is 7.38. The number of nitrogens with zero attached hydrogens (tertiary/aromatic N) is 1. The van der Waals surface area contributed by atoms with Gasteiger partial charge in [0, 0.05) is 27.7 Å². The van der Waals surface area contributed by atoms with Gasteiger partial charge in [0.25, 0.3) is 0 Å². The summed E-state index contributed by atoms with van der Waals surface area (Å²) in [4.78, 5) is 4.56. The van der Waals surface area contributed by atoms with Crippen molar-refractivity contribution in [2.75, 3.05) is 6.54 Å². The van der Waals surface area contributed by atoms with Crippen molar-refractivity contribution in [3.63, 3.8) is 0 Å². The lowest BCUT2D eigenvalue weighted by Gasteiger charge is -2.25. The van der Waals surface area contributed by atoms with Crippen molar-refractivity contribution in [1.29, 1.82) is 0 Å². The van der Waals surface area contributed by atoms with Gasteiger partial charge in [-0.2, -0.15) is 0 Å². The molecule has 2 saturated carbocycles. The van der Waals surface area contributed by atoms with Crippen LogP contribution in [0.4, 0.5) is 0 Å². The van der Waals surface area contributed by atoms with E-state index in [1.807, 2.05) is 6.20 Å². The lowest BCUT2D eigenvalue weighted by molar-refractivity contribution is 0.396. The largest absolute Gasteiger partial charge is 0.310 e. The molecular weight excluding hydrogens is 392 g/mol. The highest BCUT2D eigenvalue weighted by molar-refractivity contribution is 9.11. The molecule has 2 nitrogen and oxygen atoms in total. The Bertz CT molecular complexity index is 518. The van der Waals surface area contributed by atoms with E-state index in [1.165, 1.54) is 50.5 Å². The molecule has 1 heterocycles. The van der Waals surface area contributed by atoms with Gasteiger partial charge in [-0.3, -0.25) is 4.98 Å². The Morgan fingerprint density at radius 3 is 2.62 bits per heavy atom. The first-order valence-corrected chi connectivity index (χ1v) is 9.56. The number of nitrogens with one attached hydrogen (secondary N) is 1. The molecule has 0 bridgehead atoms. The minimum atomic E-state index is 0.738. The Hall–Kier alpha value is -0.190. The molecule has 1 aromatic rings. The van der Waals surface area contributed by atoms with E-state index in [9.17, 15) is 0 Å². The number of hydrogen-bond acceptors (Lipinski definition) is 2. The molecule has 0 aliphatic heterocycles. The summed E-state index contributed by atoms with van der Waals surface area (Å²) in [5.74, 6) is 0.738. The molecule has 2 aliphatic carbocycles. The van der Waals surface area contributed by atoms with E-state index in [0.29, 0.717) is 0 Å².